The third-order valence-corrected chi connectivity index (χ3v) is 5.55. The molecule has 3 N–H and O–H groups in total. The van der Waals surface area contributed by atoms with Crippen molar-refractivity contribution >= 4 is 17.1 Å². The molecule has 0 spiro atoms. The Hall–Kier alpha value is -4.06. The molecule has 12 heteroatoms. The summed E-state index contributed by atoms with van der Waals surface area (Å²) in [6.07, 6.45) is 4.85. The maximum absolute atomic E-state index is 13.2. The van der Waals surface area contributed by atoms with Crippen molar-refractivity contribution in [3.63, 3.8) is 0 Å². The third kappa shape index (κ3) is 3.71. The number of aromatic nitrogens is 5. The molecule has 0 saturated heterocycles. The molecule has 176 valence electrons. The van der Waals surface area contributed by atoms with Crippen LogP contribution >= 0.6 is 0 Å². The lowest BCUT2D eigenvalue weighted by atomic mass is 9.82. The number of aliphatic hydroxyl groups is 1. The molecule has 1 aliphatic rings. The monoisotopic (exact) mass is 470 g/mol. The van der Waals surface area contributed by atoms with E-state index in [9.17, 15) is 18.7 Å². The zero-order chi connectivity index (χ0) is 24.0. The first kappa shape index (κ1) is 21.8. The van der Waals surface area contributed by atoms with Gasteiger partial charge in [-0.05, 0) is 26.0 Å². The minimum absolute atomic E-state index is 0.114. The molecule has 1 atom stereocenters. The number of carbonyl (C=O) groups excluding carboxylic acids is 1. The largest absolute Gasteiger partial charge is 0.492 e. The molecule has 10 nitrogen and oxygen atoms in total. The molecule has 1 aliphatic heterocycles. The molecular formula is C22H20F2N6O4. The van der Waals surface area contributed by atoms with Crippen LogP contribution in [0.1, 0.15) is 36.0 Å². The third-order valence-electron chi connectivity index (χ3n) is 5.55. The van der Waals surface area contributed by atoms with Crippen molar-refractivity contribution in [2.45, 2.75) is 26.7 Å². The highest BCUT2D eigenvalue weighted by Crippen LogP contribution is 2.43. The molecule has 0 amide bonds. The van der Waals surface area contributed by atoms with E-state index < -0.39 is 18.3 Å². The van der Waals surface area contributed by atoms with Gasteiger partial charge in [-0.1, -0.05) is 0 Å². The van der Waals surface area contributed by atoms with E-state index in [2.05, 4.69) is 25.6 Å². The molecule has 0 radical (unpaired) electrons. The van der Waals surface area contributed by atoms with Gasteiger partial charge in [-0.25, -0.2) is 9.50 Å². The highest BCUT2D eigenvalue weighted by molar-refractivity contribution is 6.05. The highest BCUT2D eigenvalue weighted by Gasteiger charge is 2.37. The second kappa shape index (κ2) is 8.06. The van der Waals surface area contributed by atoms with Crippen LogP contribution in [0.4, 0.5) is 14.5 Å². The van der Waals surface area contributed by atoms with E-state index in [0.29, 0.717) is 11.2 Å². The van der Waals surface area contributed by atoms with Gasteiger partial charge in [0.15, 0.2) is 17.7 Å². The number of aromatic amines is 1. The average molecular weight is 470 g/mol. The summed E-state index contributed by atoms with van der Waals surface area (Å²) in [5.74, 6) is -0.235. The molecule has 4 aromatic rings. The summed E-state index contributed by atoms with van der Waals surface area (Å²) in [7, 11) is 0. The van der Waals surface area contributed by atoms with Gasteiger partial charge in [-0.2, -0.15) is 19.0 Å². The summed E-state index contributed by atoms with van der Waals surface area (Å²) in [5, 5.41) is 24.5. The normalized spacial score (nSPS) is 15.8. The van der Waals surface area contributed by atoms with Gasteiger partial charge in [-0.3, -0.25) is 9.89 Å². The fourth-order valence-electron chi connectivity index (χ4n) is 3.80. The predicted octanol–water partition coefficient (Wildman–Crippen LogP) is 3.43. The quantitative estimate of drug-likeness (QED) is 0.366. The second-order valence-electron chi connectivity index (χ2n) is 8.42. The Labute approximate surface area is 191 Å². The van der Waals surface area contributed by atoms with Crippen molar-refractivity contribution in [3.8, 4) is 22.8 Å². The Morgan fingerprint density at radius 1 is 1.29 bits per heavy atom. The number of ketones is 1. The Kier molecular flexibility index (Phi) is 5.16. The molecule has 34 heavy (non-hydrogen) atoms. The number of hydrogen-bond acceptors (Lipinski definition) is 8. The molecule has 5 rings (SSSR count). The number of Topliss-reactive ketones (excluding diaryl/α,β-unsaturated/α-hetero) is 1. The first-order valence-corrected chi connectivity index (χ1v) is 10.3. The summed E-state index contributed by atoms with van der Waals surface area (Å²) < 4.78 is 38.3. The van der Waals surface area contributed by atoms with E-state index in [-0.39, 0.29) is 46.4 Å². The molecule has 1 unspecified atom stereocenters. The second-order valence-corrected chi connectivity index (χ2v) is 8.42. The van der Waals surface area contributed by atoms with Gasteiger partial charge in [0.25, 0.3) is 0 Å². The Bertz CT molecular complexity index is 1380. The zero-order valence-electron chi connectivity index (χ0n) is 18.1. The summed E-state index contributed by atoms with van der Waals surface area (Å²) in [4.78, 5) is 17.2. The number of alkyl halides is 2. The standard InChI is InChI=1S/C22H20F2N6O4/c1-22(2)10-33-15-7-16(34-21(23)24)11(6-12(15)18(22)31)17-14(9-26-29-17)28-20(32)13-8-27-30-5-3-4-25-19(13)30/h3-9,20-21,28,32H,10H2,1-2H3,(H,26,29). The molecule has 1 aromatic carbocycles. The van der Waals surface area contributed by atoms with Gasteiger partial charge in [0, 0.05) is 24.0 Å². The average Bonchev–Trinajstić information content (AvgIpc) is 3.43. The fourth-order valence-corrected chi connectivity index (χ4v) is 3.80. The lowest BCUT2D eigenvalue weighted by Crippen LogP contribution is -2.35. The van der Waals surface area contributed by atoms with Crippen LogP contribution in [0.3, 0.4) is 0 Å². The van der Waals surface area contributed by atoms with Crippen molar-refractivity contribution in [2.75, 3.05) is 11.9 Å². The number of nitrogens with zero attached hydrogens (tertiary/aromatic N) is 4. The molecule has 4 heterocycles. The van der Waals surface area contributed by atoms with Crippen LogP contribution in [0, 0.1) is 5.41 Å². The molecule has 0 saturated carbocycles. The SMILES string of the molecule is CC1(C)COc2cc(OC(F)F)c(-c3[nH]ncc3NC(O)c3cnn4cccnc34)cc2C1=O. The summed E-state index contributed by atoms with van der Waals surface area (Å²) in [5.41, 5.74) is 0.959. The first-order valence-electron chi connectivity index (χ1n) is 10.3. The Morgan fingerprint density at radius 2 is 2.12 bits per heavy atom. The Balaban J connectivity index is 1.55. The van der Waals surface area contributed by atoms with Crippen LogP contribution in [-0.4, -0.2) is 48.9 Å². The van der Waals surface area contributed by atoms with Crippen molar-refractivity contribution in [1.29, 1.82) is 0 Å². The van der Waals surface area contributed by atoms with E-state index in [4.69, 9.17) is 9.47 Å². The van der Waals surface area contributed by atoms with E-state index in [1.54, 1.807) is 32.3 Å². The van der Waals surface area contributed by atoms with Crippen LogP contribution in [-0.2, 0) is 0 Å². The van der Waals surface area contributed by atoms with Gasteiger partial charge in [0.1, 0.15) is 18.1 Å². The van der Waals surface area contributed by atoms with E-state index in [1.807, 2.05) is 0 Å². The van der Waals surface area contributed by atoms with Gasteiger partial charge in [0.2, 0.25) is 0 Å². The van der Waals surface area contributed by atoms with Crippen LogP contribution in [0.2, 0.25) is 0 Å². The van der Waals surface area contributed by atoms with Crippen molar-refractivity contribution < 1.29 is 28.2 Å². The number of aliphatic hydroxyl groups excluding tert-OH is 1. The number of hydrogen-bond donors (Lipinski definition) is 3. The van der Waals surface area contributed by atoms with Crippen molar-refractivity contribution in [3.05, 3.63) is 54.1 Å². The van der Waals surface area contributed by atoms with Crippen LogP contribution in [0.25, 0.3) is 16.9 Å². The minimum Gasteiger partial charge on any atom is -0.492 e. The smallest absolute Gasteiger partial charge is 0.387 e. The first-order chi connectivity index (χ1) is 16.2. The minimum atomic E-state index is -3.11. The highest BCUT2D eigenvalue weighted by atomic mass is 19.3. The molecule has 0 fully saturated rings. The van der Waals surface area contributed by atoms with Crippen LogP contribution in [0.15, 0.2) is 43.0 Å². The number of carbonyl (C=O) groups is 1. The maximum atomic E-state index is 13.2. The number of benzene rings is 1. The van der Waals surface area contributed by atoms with Crippen LogP contribution < -0.4 is 14.8 Å². The Morgan fingerprint density at radius 3 is 2.91 bits per heavy atom. The zero-order valence-corrected chi connectivity index (χ0v) is 18.1. The maximum Gasteiger partial charge on any atom is 0.387 e. The molecule has 3 aromatic heterocycles. The number of H-pyrrole nitrogens is 1. The topological polar surface area (TPSA) is 127 Å². The number of nitrogens with one attached hydrogen (secondary N) is 2. The number of anilines is 1. The van der Waals surface area contributed by atoms with Gasteiger partial charge < -0.3 is 19.9 Å². The molecular weight excluding hydrogens is 450 g/mol. The summed E-state index contributed by atoms with van der Waals surface area (Å²) >= 11 is 0. The van der Waals surface area contributed by atoms with Gasteiger partial charge >= 0.3 is 6.61 Å². The lowest BCUT2D eigenvalue weighted by Gasteiger charge is -2.30. The lowest BCUT2D eigenvalue weighted by molar-refractivity contribution is -0.0496. The summed E-state index contributed by atoms with van der Waals surface area (Å²) in [6.45, 7) is 0.488. The number of halogens is 2. The molecule has 0 bridgehead atoms. The number of rotatable bonds is 6. The van der Waals surface area contributed by atoms with Gasteiger partial charge in [-0.15, -0.1) is 0 Å². The van der Waals surface area contributed by atoms with Crippen molar-refractivity contribution in [1.82, 2.24) is 24.8 Å². The van der Waals surface area contributed by atoms with E-state index in [1.165, 1.54) is 29.0 Å². The summed E-state index contributed by atoms with van der Waals surface area (Å²) in [6, 6.07) is 4.39. The number of fused-ring (bicyclic) bond motifs is 2. The predicted molar refractivity (Wildman–Crippen MR) is 116 cm³/mol. The van der Waals surface area contributed by atoms with Gasteiger partial charge in [0.05, 0.1) is 40.3 Å². The molecule has 0 aliphatic carbocycles. The number of ether oxygens (including phenoxy) is 2. The van der Waals surface area contributed by atoms with Crippen LogP contribution in [0.5, 0.6) is 11.5 Å². The van der Waals surface area contributed by atoms with Crippen molar-refractivity contribution in [2.24, 2.45) is 5.41 Å². The fraction of sp³-hybridized carbons (Fsp3) is 0.273. The van der Waals surface area contributed by atoms with E-state index in [0.717, 1.165) is 0 Å². The van der Waals surface area contributed by atoms with E-state index >= 15 is 0 Å².